The number of nitrogens with zero attached hydrogens (tertiary/aromatic N) is 5. The Labute approximate surface area is 145 Å². The summed E-state index contributed by atoms with van der Waals surface area (Å²) in [5.74, 6) is 0.136. The lowest BCUT2D eigenvalue weighted by Gasteiger charge is -2.37. The van der Waals surface area contributed by atoms with E-state index in [1.54, 1.807) is 24.0 Å². The number of morpholine rings is 1. The molecule has 0 radical (unpaired) electrons. The molecule has 0 saturated carbocycles. The highest BCUT2D eigenvalue weighted by molar-refractivity contribution is 5.81. The second kappa shape index (κ2) is 7.26. The van der Waals surface area contributed by atoms with Crippen LogP contribution in [-0.2, 0) is 16.0 Å². The van der Waals surface area contributed by atoms with Crippen LogP contribution in [0.25, 0.3) is 0 Å². The highest BCUT2D eigenvalue weighted by atomic mass is 19.1. The Morgan fingerprint density at radius 3 is 2.68 bits per heavy atom. The second-order valence-corrected chi connectivity index (χ2v) is 6.52. The van der Waals surface area contributed by atoms with E-state index in [1.165, 1.54) is 16.8 Å². The van der Waals surface area contributed by atoms with Crippen molar-refractivity contribution in [3.8, 4) is 0 Å². The van der Waals surface area contributed by atoms with Crippen LogP contribution in [-0.4, -0.2) is 56.3 Å². The minimum absolute atomic E-state index is 0.0301. The molecule has 0 unspecified atom stereocenters. The molecule has 2 aromatic rings. The van der Waals surface area contributed by atoms with Crippen molar-refractivity contribution in [1.29, 1.82) is 0 Å². The van der Waals surface area contributed by atoms with Crippen molar-refractivity contribution in [3.63, 3.8) is 0 Å². The number of ether oxygens (including phenoxy) is 1. The number of aromatic nitrogens is 4. The van der Waals surface area contributed by atoms with Gasteiger partial charge in [0.1, 0.15) is 17.7 Å². The van der Waals surface area contributed by atoms with Gasteiger partial charge in [-0.25, -0.2) is 9.07 Å². The first kappa shape index (κ1) is 17.5. The number of benzene rings is 1. The summed E-state index contributed by atoms with van der Waals surface area (Å²) in [5, 5.41) is 11.5. The Morgan fingerprint density at radius 1 is 1.36 bits per heavy atom. The molecule has 1 fully saturated rings. The van der Waals surface area contributed by atoms with Gasteiger partial charge in [-0.05, 0) is 48.9 Å². The molecule has 0 aliphatic carbocycles. The van der Waals surface area contributed by atoms with Crippen molar-refractivity contribution >= 4 is 5.91 Å². The smallest absolute Gasteiger partial charge is 0.248 e. The summed E-state index contributed by atoms with van der Waals surface area (Å²) in [5.41, 5.74) is 0.725. The molecule has 134 valence electrons. The summed E-state index contributed by atoms with van der Waals surface area (Å²) in [6.45, 7) is 6.67. The number of rotatable bonds is 4. The maximum atomic E-state index is 13.5. The Morgan fingerprint density at radius 2 is 2.08 bits per heavy atom. The van der Waals surface area contributed by atoms with Gasteiger partial charge in [0.25, 0.3) is 0 Å². The molecule has 25 heavy (non-hydrogen) atoms. The summed E-state index contributed by atoms with van der Waals surface area (Å²) in [6, 6.07) is 5.64. The Kier molecular flexibility index (Phi) is 5.08. The maximum Gasteiger partial charge on any atom is 0.248 e. The molecule has 1 aromatic carbocycles. The first-order chi connectivity index (χ1) is 11.9. The highest BCUT2D eigenvalue weighted by Gasteiger charge is 2.33. The fourth-order valence-corrected chi connectivity index (χ4v) is 3.26. The molecule has 1 amide bonds. The van der Waals surface area contributed by atoms with E-state index >= 15 is 0 Å². The summed E-state index contributed by atoms with van der Waals surface area (Å²) >= 11 is 0. The number of aryl methyl sites for hydroxylation is 1. The summed E-state index contributed by atoms with van der Waals surface area (Å²) in [4.78, 5) is 15.0. The van der Waals surface area contributed by atoms with E-state index in [2.05, 4.69) is 15.5 Å². The van der Waals surface area contributed by atoms with Gasteiger partial charge in [-0.1, -0.05) is 12.1 Å². The molecule has 1 aromatic heterocycles. The van der Waals surface area contributed by atoms with Crippen LogP contribution < -0.4 is 0 Å². The Balaban J connectivity index is 1.88. The standard InChI is InChI=1S/C17H22FN5O2/c1-11-9-22(10-12(2)25-11)17(24)16(23-13(3)19-20-21-23)8-14-5-4-6-15(18)7-14/h4-7,11-12,16H,8-10H2,1-3H3/t11-,12+,16-/m0/s1. The zero-order chi connectivity index (χ0) is 18.0. The monoisotopic (exact) mass is 347 g/mol. The largest absolute Gasteiger partial charge is 0.372 e. The SMILES string of the molecule is Cc1nnnn1[C@@H](Cc1cccc(F)c1)C(=O)N1C[C@@H](C)O[C@@H](C)C1. The molecule has 0 bridgehead atoms. The number of carbonyl (C=O) groups is 1. The zero-order valence-electron chi connectivity index (χ0n) is 14.6. The van der Waals surface area contributed by atoms with Gasteiger partial charge in [0.05, 0.1) is 12.2 Å². The van der Waals surface area contributed by atoms with Gasteiger partial charge in [0, 0.05) is 19.5 Å². The molecule has 0 spiro atoms. The van der Waals surface area contributed by atoms with Gasteiger partial charge in [-0.15, -0.1) is 5.10 Å². The quantitative estimate of drug-likeness (QED) is 0.839. The van der Waals surface area contributed by atoms with Crippen LogP contribution in [0.3, 0.4) is 0 Å². The molecular weight excluding hydrogens is 325 g/mol. The van der Waals surface area contributed by atoms with Crippen molar-refractivity contribution in [2.75, 3.05) is 13.1 Å². The molecule has 1 aliphatic heterocycles. The molecule has 0 N–H and O–H groups in total. The average Bonchev–Trinajstić information content (AvgIpc) is 2.97. The van der Waals surface area contributed by atoms with Gasteiger partial charge >= 0.3 is 0 Å². The van der Waals surface area contributed by atoms with E-state index in [4.69, 9.17) is 4.74 Å². The lowest BCUT2D eigenvalue weighted by atomic mass is 10.0. The number of halogens is 1. The van der Waals surface area contributed by atoms with E-state index in [-0.39, 0.29) is 23.9 Å². The normalized spacial score (nSPS) is 22.0. The first-order valence-corrected chi connectivity index (χ1v) is 8.37. The van der Waals surface area contributed by atoms with E-state index in [9.17, 15) is 9.18 Å². The first-order valence-electron chi connectivity index (χ1n) is 8.37. The van der Waals surface area contributed by atoms with Crippen LogP contribution in [0, 0.1) is 12.7 Å². The van der Waals surface area contributed by atoms with Crippen LogP contribution in [0.2, 0.25) is 0 Å². The molecule has 2 heterocycles. The fraction of sp³-hybridized carbons (Fsp3) is 0.529. The van der Waals surface area contributed by atoms with Crippen LogP contribution in [0.1, 0.15) is 31.3 Å². The van der Waals surface area contributed by atoms with Crippen LogP contribution in [0.4, 0.5) is 4.39 Å². The minimum atomic E-state index is -0.616. The molecule has 8 heteroatoms. The van der Waals surface area contributed by atoms with Gasteiger partial charge in [0.2, 0.25) is 5.91 Å². The average molecular weight is 347 g/mol. The predicted octanol–water partition coefficient (Wildman–Crippen LogP) is 1.54. The fourth-order valence-electron chi connectivity index (χ4n) is 3.26. The lowest BCUT2D eigenvalue weighted by molar-refractivity contribution is -0.147. The Hall–Kier alpha value is -2.35. The van der Waals surface area contributed by atoms with E-state index < -0.39 is 6.04 Å². The lowest BCUT2D eigenvalue weighted by Crippen LogP contribution is -2.50. The molecule has 7 nitrogen and oxygen atoms in total. The maximum absolute atomic E-state index is 13.5. The van der Waals surface area contributed by atoms with Crippen molar-refractivity contribution in [3.05, 3.63) is 41.5 Å². The van der Waals surface area contributed by atoms with Crippen molar-refractivity contribution in [1.82, 2.24) is 25.1 Å². The number of hydrogen-bond acceptors (Lipinski definition) is 5. The Bertz CT molecular complexity index is 740. The van der Waals surface area contributed by atoms with Crippen molar-refractivity contribution in [2.24, 2.45) is 0 Å². The van der Waals surface area contributed by atoms with Gasteiger partial charge in [-0.3, -0.25) is 4.79 Å². The van der Waals surface area contributed by atoms with E-state index in [0.717, 1.165) is 5.56 Å². The number of hydrogen-bond donors (Lipinski definition) is 0. The molecule has 1 aliphatic rings. The number of tetrazole rings is 1. The second-order valence-electron chi connectivity index (χ2n) is 6.52. The van der Waals surface area contributed by atoms with Gasteiger partial charge in [0.15, 0.2) is 0 Å². The number of carbonyl (C=O) groups excluding carboxylic acids is 1. The van der Waals surface area contributed by atoms with Crippen molar-refractivity contribution < 1.29 is 13.9 Å². The van der Waals surface area contributed by atoms with Crippen LogP contribution >= 0.6 is 0 Å². The zero-order valence-corrected chi connectivity index (χ0v) is 14.6. The third-order valence-corrected chi connectivity index (χ3v) is 4.29. The van der Waals surface area contributed by atoms with E-state index in [0.29, 0.717) is 25.3 Å². The topological polar surface area (TPSA) is 73.1 Å². The van der Waals surface area contributed by atoms with Gasteiger partial charge in [-0.2, -0.15) is 0 Å². The third-order valence-electron chi connectivity index (χ3n) is 4.29. The highest BCUT2D eigenvalue weighted by Crippen LogP contribution is 2.21. The van der Waals surface area contributed by atoms with Crippen LogP contribution in [0.5, 0.6) is 0 Å². The summed E-state index contributed by atoms with van der Waals surface area (Å²) in [7, 11) is 0. The van der Waals surface area contributed by atoms with E-state index in [1.807, 2.05) is 13.8 Å². The van der Waals surface area contributed by atoms with Crippen molar-refractivity contribution in [2.45, 2.75) is 45.4 Å². The predicted molar refractivity (Wildman–Crippen MR) is 88.3 cm³/mol. The molecule has 1 saturated heterocycles. The number of amides is 1. The van der Waals surface area contributed by atoms with Gasteiger partial charge < -0.3 is 9.64 Å². The summed E-state index contributed by atoms with van der Waals surface area (Å²) < 4.78 is 20.8. The van der Waals surface area contributed by atoms with Crippen LogP contribution in [0.15, 0.2) is 24.3 Å². The minimum Gasteiger partial charge on any atom is -0.372 e. The molecule has 3 atom stereocenters. The molecular formula is C17H22FN5O2. The third kappa shape index (κ3) is 4.01. The molecule has 3 rings (SSSR count). The summed E-state index contributed by atoms with van der Waals surface area (Å²) in [6.07, 6.45) is 0.262.